The number of benzene rings is 1. The highest BCUT2D eigenvalue weighted by molar-refractivity contribution is 6.00. The lowest BCUT2D eigenvalue weighted by molar-refractivity contribution is -0.111. The Kier molecular flexibility index (Phi) is 6.86. The van der Waals surface area contributed by atoms with Gasteiger partial charge in [-0.25, -0.2) is 14.4 Å². The summed E-state index contributed by atoms with van der Waals surface area (Å²) in [5.41, 5.74) is 1.86. The van der Waals surface area contributed by atoms with Gasteiger partial charge in [-0.3, -0.25) is 9.78 Å². The summed E-state index contributed by atoms with van der Waals surface area (Å²) in [5.74, 6) is 0.496. The molecule has 1 amide bonds. The number of ether oxygens (including phenoxy) is 2. The lowest BCUT2D eigenvalue weighted by Gasteiger charge is -2.28. The molecular weight excluding hydrogens is 477 g/mol. The van der Waals surface area contributed by atoms with Crippen molar-refractivity contribution in [2.45, 2.75) is 0 Å². The minimum absolute atomic E-state index is 0.186. The summed E-state index contributed by atoms with van der Waals surface area (Å²) in [7, 11) is 1.54. The average Bonchev–Trinajstić information content (AvgIpc) is 2.93. The zero-order valence-corrected chi connectivity index (χ0v) is 20.1. The van der Waals surface area contributed by atoms with E-state index in [0.717, 1.165) is 25.0 Å². The summed E-state index contributed by atoms with van der Waals surface area (Å²) in [6.45, 7) is 6.23. The third kappa shape index (κ3) is 5.16. The Morgan fingerprint density at radius 1 is 1.16 bits per heavy atom. The molecule has 1 aliphatic heterocycles. The number of carbonyl (C=O) groups excluding carboxylic acids is 1. The van der Waals surface area contributed by atoms with Crippen molar-refractivity contribution in [3.8, 4) is 17.1 Å². The van der Waals surface area contributed by atoms with Crippen molar-refractivity contribution < 1.29 is 18.7 Å². The number of carbonyl (C=O) groups is 1. The van der Waals surface area contributed by atoms with Gasteiger partial charge in [0.15, 0.2) is 0 Å². The summed E-state index contributed by atoms with van der Waals surface area (Å²) in [4.78, 5) is 31.7. The fraction of sp³-hybridized carbons (Fsp3) is 0.192. The summed E-state index contributed by atoms with van der Waals surface area (Å²) >= 11 is 0. The van der Waals surface area contributed by atoms with Gasteiger partial charge in [0.2, 0.25) is 17.7 Å². The first-order valence-electron chi connectivity index (χ1n) is 11.6. The van der Waals surface area contributed by atoms with Gasteiger partial charge in [0.1, 0.15) is 17.3 Å². The van der Waals surface area contributed by atoms with Gasteiger partial charge in [0.05, 0.1) is 37.1 Å². The number of hydrogen-bond donors (Lipinski definition) is 2. The Morgan fingerprint density at radius 2 is 2.00 bits per heavy atom. The normalized spacial score (nSPS) is 13.3. The van der Waals surface area contributed by atoms with E-state index in [4.69, 9.17) is 9.47 Å². The Morgan fingerprint density at radius 3 is 2.78 bits per heavy atom. The van der Waals surface area contributed by atoms with Crippen molar-refractivity contribution in [2.75, 3.05) is 48.9 Å². The number of amides is 1. The highest BCUT2D eigenvalue weighted by Gasteiger charge is 2.18. The Hall–Kier alpha value is -4.64. The van der Waals surface area contributed by atoms with E-state index in [-0.39, 0.29) is 17.4 Å². The van der Waals surface area contributed by atoms with Crippen LogP contribution in [-0.4, -0.2) is 59.3 Å². The van der Waals surface area contributed by atoms with Gasteiger partial charge < -0.3 is 25.0 Å². The molecule has 0 radical (unpaired) electrons. The highest BCUT2D eigenvalue weighted by atomic mass is 19.1. The molecule has 188 valence electrons. The summed E-state index contributed by atoms with van der Waals surface area (Å²) in [6.07, 6.45) is 4.23. The molecule has 0 saturated carbocycles. The molecule has 11 heteroatoms. The van der Waals surface area contributed by atoms with E-state index >= 15 is 4.39 Å². The van der Waals surface area contributed by atoms with Crippen molar-refractivity contribution in [1.82, 2.24) is 19.9 Å². The molecule has 10 nitrogen and oxygen atoms in total. The number of pyridine rings is 2. The summed E-state index contributed by atoms with van der Waals surface area (Å²) in [6, 6.07) is 9.84. The number of hydrogen-bond acceptors (Lipinski definition) is 9. The van der Waals surface area contributed by atoms with Crippen LogP contribution in [0.2, 0.25) is 0 Å². The maximum absolute atomic E-state index is 15.1. The van der Waals surface area contributed by atoms with Gasteiger partial charge in [-0.15, -0.1) is 0 Å². The Balaban J connectivity index is 1.49. The number of fused-ring (bicyclic) bond motifs is 1. The van der Waals surface area contributed by atoms with E-state index in [1.807, 2.05) is 12.1 Å². The number of anilines is 4. The minimum Gasteiger partial charge on any atom is -0.479 e. The molecule has 1 fully saturated rings. The average molecular weight is 502 g/mol. The van der Waals surface area contributed by atoms with Crippen molar-refractivity contribution >= 4 is 40.0 Å². The lowest BCUT2D eigenvalue weighted by atomic mass is 10.1. The van der Waals surface area contributed by atoms with Crippen molar-refractivity contribution in [3.63, 3.8) is 0 Å². The van der Waals surface area contributed by atoms with Crippen molar-refractivity contribution in [3.05, 3.63) is 67.3 Å². The summed E-state index contributed by atoms with van der Waals surface area (Å²) < 4.78 is 26.0. The van der Waals surface area contributed by atoms with E-state index in [9.17, 15) is 4.79 Å². The van der Waals surface area contributed by atoms with E-state index in [1.54, 1.807) is 24.4 Å². The molecule has 0 aliphatic carbocycles. The molecule has 2 N–H and O–H groups in total. The first-order valence-corrected chi connectivity index (χ1v) is 11.6. The molecule has 3 aromatic heterocycles. The lowest BCUT2D eigenvalue weighted by Crippen LogP contribution is -2.36. The molecule has 0 unspecified atom stereocenters. The van der Waals surface area contributed by atoms with Crippen LogP contribution < -0.4 is 20.3 Å². The first-order chi connectivity index (χ1) is 18.1. The van der Waals surface area contributed by atoms with Gasteiger partial charge in [-0.05, 0) is 42.5 Å². The fourth-order valence-corrected chi connectivity index (χ4v) is 3.99. The Labute approximate surface area is 212 Å². The number of rotatable bonds is 7. The molecule has 1 saturated heterocycles. The van der Waals surface area contributed by atoms with E-state index in [1.165, 1.54) is 19.4 Å². The van der Waals surface area contributed by atoms with Crippen LogP contribution in [0, 0.1) is 5.82 Å². The molecule has 37 heavy (non-hydrogen) atoms. The topological polar surface area (TPSA) is 114 Å². The third-order valence-electron chi connectivity index (χ3n) is 5.79. The molecule has 4 heterocycles. The smallest absolute Gasteiger partial charge is 0.247 e. The van der Waals surface area contributed by atoms with Crippen LogP contribution >= 0.6 is 0 Å². The predicted molar refractivity (Wildman–Crippen MR) is 139 cm³/mol. The SMILES string of the molecule is C=CC(=O)Nc1ccnc(-c2c(F)ccc3cnc(Nc4ccc(N5CCOCC5)nc4OC)nc23)c1. The largest absolute Gasteiger partial charge is 0.479 e. The van der Waals surface area contributed by atoms with Crippen molar-refractivity contribution in [2.24, 2.45) is 0 Å². The van der Waals surface area contributed by atoms with E-state index in [2.05, 4.69) is 42.0 Å². The fourth-order valence-electron chi connectivity index (χ4n) is 3.99. The van der Waals surface area contributed by atoms with Crippen LogP contribution in [0.25, 0.3) is 22.2 Å². The minimum atomic E-state index is -0.508. The van der Waals surface area contributed by atoms with Crippen LogP contribution in [0.3, 0.4) is 0 Å². The van der Waals surface area contributed by atoms with E-state index < -0.39 is 5.82 Å². The second-order valence-electron chi connectivity index (χ2n) is 8.13. The number of methoxy groups -OCH3 is 1. The molecule has 5 rings (SSSR count). The van der Waals surface area contributed by atoms with Gasteiger partial charge in [-0.2, -0.15) is 4.98 Å². The number of morpholine rings is 1. The third-order valence-corrected chi connectivity index (χ3v) is 5.79. The van der Waals surface area contributed by atoms with Gasteiger partial charge in [0, 0.05) is 36.6 Å². The maximum Gasteiger partial charge on any atom is 0.247 e. The van der Waals surface area contributed by atoms with Gasteiger partial charge in [0.25, 0.3) is 0 Å². The van der Waals surface area contributed by atoms with E-state index in [0.29, 0.717) is 47.1 Å². The predicted octanol–water partition coefficient (Wildman–Crippen LogP) is 3.94. The summed E-state index contributed by atoms with van der Waals surface area (Å²) in [5, 5.41) is 6.41. The molecule has 1 aliphatic rings. The monoisotopic (exact) mass is 501 g/mol. The molecular formula is C26H24FN7O3. The zero-order chi connectivity index (χ0) is 25.8. The highest BCUT2D eigenvalue weighted by Crippen LogP contribution is 2.32. The molecule has 0 spiro atoms. The zero-order valence-electron chi connectivity index (χ0n) is 20.1. The van der Waals surface area contributed by atoms with Crippen LogP contribution in [0.4, 0.5) is 27.5 Å². The molecule has 0 atom stereocenters. The molecule has 1 aromatic carbocycles. The van der Waals surface area contributed by atoms with Gasteiger partial charge >= 0.3 is 0 Å². The second kappa shape index (κ2) is 10.5. The first kappa shape index (κ1) is 24.1. The number of halogens is 1. The standard InChI is InChI=1S/C26H24FN7O3/c1-3-22(35)30-17-8-9-28-20(14-17)23-18(27)5-4-16-15-29-26(33-24(16)23)31-19-6-7-21(32-25(19)36-2)34-10-12-37-13-11-34/h3-9,14-15H,1,10-13H2,2H3,(H,28,30,35)(H,29,31,33). The Bertz CT molecular complexity index is 1470. The molecule has 0 bridgehead atoms. The quantitative estimate of drug-likeness (QED) is 0.364. The number of aromatic nitrogens is 4. The van der Waals surface area contributed by atoms with Gasteiger partial charge in [-0.1, -0.05) is 6.58 Å². The maximum atomic E-state index is 15.1. The van der Waals surface area contributed by atoms with Crippen LogP contribution in [0.5, 0.6) is 5.88 Å². The van der Waals surface area contributed by atoms with Crippen LogP contribution in [-0.2, 0) is 9.53 Å². The van der Waals surface area contributed by atoms with Crippen LogP contribution in [0.15, 0.2) is 61.4 Å². The van der Waals surface area contributed by atoms with Crippen LogP contribution in [0.1, 0.15) is 0 Å². The number of nitrogens with one attached hydrogen (secondary N) is 2. The van der Waals surface area contributed by atoms with Crippen molar-refractivity contribution in [1.29, 1.82) is 0 Å². The second-order valence-corrected chi connectivity index (χ2v) is 8.13. The number of nitrogens with zero attached hydrogens (tertiary/aromatic N) is 5. The molecule has 4 aromatic rings.